The van der Waals surface area contributed by atoms with E-state index in [0.717, 1.165) is 13.0 Å². The Morgan fingerprint density at radius 2 is 2.18 bits per heavy atom. The smallest absolute Gasteiger partial charge is 0.0423 e. The summed E-state index contributed by atoms with van der Waals surface area (Å²) in [6.45, 7) is 2.95. The van der Waals surface area contributed by atoms with Gasteiger partial charge in [-0.15, -0.1) is 0 Å². The maximum absolute atomic E-state index is 4.24. The van der Waals surface area contributed by atoms with Crippen LogP contribution >= 0.6 is 0 Å². The van der Waals surface area contributed by atoms with Gasteiger partial charge < -0.3 is 0 Å². The molecule has 1 heteroatoms. The first kappa shape index (κ1) is 7.99. The average molecular weight is 147 g/mol. The van der Waals surface area contributed by atoms with E-state index in [-0.39, 0.29) is 0 Å². The van der Waals surface area contributed by atoms with Crippen LogP contribution in [-0.4, -0.2) is 12.8 Å². The molecule has 0 spiro atoms. The molecule has 0 unspecified atom stereocenters. The van der Waals surface area contributed by atoms with Crippen molar-refractivity contribution in [3.63, 3.8) is 0 Å². The molecule has 1 nitrogen and oxygen atoms in total. The van der Waals surface area contributed by atoms with Crippen molar-refractivity contribution < 1.29 is 0 Å². The molecule has 0 aromatic rings. The van der Waals surface area contributed by atoms with Crippen molar-refractivity contribution >= 4 is 6.21 Å². The van der Waals surface area contributed by atoms with Crippen LogP contribution in [-0.2, 0) is 0 Å². The van der Waals surface area contributed by atoms with Gasteiger partial charge in [0.2, 0.25) is 0 Å². The molecule has 1 heterocycles. The monoisotopic (exact) mass is 147 g/mol. The van der Waals surface area contributed by atoms with Crippen LogP contribution in [0.2, 0.25) is 0 Å². The van der Waals surface area contributed by atoms with Crippen molar-refractivity contribution in [2.24, 2.45) is 4.99 Å². The first-order chi connectivity index (χ1) is 5.39. The molecule has 11 heavy (non-hydrogen) atoms. The Bertz CT molecular complexity index is 219. The van der Waals surface area contributed by atoms with E-state index in [1.807, 2.05) is 18.4 Å². The molecule has 1 aliphatic rings. The summed E-state index contributed by atoms with van der Waals surface area (Å²) in [4.78, 5) is 4.24. The fraction of sp³-hybridized carbons (Fsp3) is 0.300. The van der Waals surface area contributed by atoms with Crippen LogP contribution < -0.4 is 0 Å². The molecular weight excluding hydrogens is 134 g/mol. The van der Waals surface area contributed by atoms with Crippen LogP contribution in [0.3, 0.4) is 0 Å². The molecule has 0 saturated carbocycles. The van der Waals surface area contributed by atoms with Crippen molar-refractivity contribution in [1.29, 1.82) is 0 Å². The molecule has 0 N–H and O–H groups in total. The Labute approximate surface area is 67.8 Å². The Hall–Kier alpha value is -1.11. The summed E-state index contributed by atoms with van der Waals surface area (Å²) in [5, 5.41) is 0. The zero-order valence-electron chi connectivity index (χ0n) is 6.83. The fourth-order valence-electron chi connectivity index (χ4n) is 0.847. The lowest BCUT2D eigenvalue weighted by molar-refractivity contribution is 1.01. The number of allylic oxidation sites excluding steroid dienone is 5. The molecule has 0 radical (unpaired) electrons. The standard InChI is InChI=1S/C10H13N/c1-10-7-5-3-2-4-6-8-11-9-10/h2-5,7,9H,6,8H2,1H3/b4-2+,5-3-,10-7-,11-9?. The summed E-state index contributed by atoms with van der Waals surface area (Å²) in [5.74, 6) is 0. The first-order valence-electron chi connectivity index (χ1n) is 3.89. The molecule has 0 aromatic heterocycles. The highest BCUT2D eigenvalue weighted by molar-refractivity contribution is 5.78. The molecule has 0 atom stereocenters. The lowest BCUT2D eigenvalue weighted by atomic mass is 10.2. The Kier molecular flexibility index (Phi) is 3.39. The summed E-state index contributed by atoms with van der Waals surface area (Å²) >= 11 is 0. The van der Waals surface area contributed by atoms with E-state index in [1.165, 1.54) is 5.57 Å². The molecule has 0 fully saturated rings. The number of rotatable bonds is 0. The fourth-order valence-corrected chi connectivity index (χ4v) is 0.847. The minimum absolute atomic E-state index is 0.898. The predicted octanol–water partition coefficient (Wildman–Crippen LogP) is 2.52. The second-order valence-corrected chi connectivity index (χ2v) is 2.55. The van der Waals surface area contributed by atoms with E-state index in [1.54, 1.807) is 0 Å². The Morgan fingerprint density at radius 1 is 1.27 bits per heavy atom. The van der Waals surface area contributed by atoms with E-state index in [9.17, 15) is 0 Å². The van der Waals surface area contributed by atoms with Crippen molar-refractivity contribution in [3.8, 4) is 0 Å². The Balaban J connectivity index is 2.66. The molecule has 1 aliphatic heterocycles. The summed E-state index contributed by atoms with van der Waals surface area (Å²) in [5.41, 5.74) is 1.21. The van der Waals surface area contributed by atoms with Crippen molar-refractivity contribution in [2.75, 3.05) is 6.54 Å². The average Bonchev–Trinajstić information content (AvgIpc) is 2.03. The SMILES string of the molecule is C/C1=C/C=C\C=C\CCN=C1. The molecule has 0 aliphatic carbocycles. The van der Waals surface area contributed by atoms with Gasteiger partial charge in [-0.25, -0.2) is 0 Å². The lowest BCUT2D eigenvalue weighted by Crippen LogP contribution is -1.82. The third-order valence-corrected chi connectivity index (χ3v) is 1.44. The lowest BCUT2D eigenvalue weighted by Gasteiger charge is -1.91. The maximum Gasteiger partial charge on any atom is 0.0423 e. The molecular formula is C10H13N. The number of hydrogen-bond donors (Lipinski definition) is 0. The van der Waals surface area contributed by atoms with Crippen molar-refractivity contribution in [2.45, 2.75) is 13.3 Å². The highest BCUT2D eigenvalue weighted by atomic mass is 14.7. The third-order valence-electron chi connectivity index (χ3n) is 1.44. The Morgan fingerprint density at radius 3 is 3.09 bits per heavy atom. The van der Waals surface area contributed by atoms with Crippen LogP contribution in [0.15, 0.2) is 40.9 Å². The quantitative estimate of drug-likeness (QED) is 0.499. The van der Waals surface area contributed by atoms with Crippen LogP contribution in [0.5, 0.6) is 0 Å². The van der Waals surface area contributed by atoms with Gasteiger partial charge in [-0.05, 0) is 18.9 Å². The van der Waals surface area contributed by atoms with Gasteiger partial charge in [-0.3, -0.25) is 4.99 Å². The number of nitrogens with zero attached hydrogens (tertiary/aromatic N) is 1. The second kappa shape index (κ2) is 4.67. The van der Waals surface area contributed by atoms with Crippen LogP contribution in [0, 0.1) is 0 Å². The third kappa shape index (κ3) is 3.56. The minimum atomic E-state index is 0.898. The minimum Gasteiger partial charge on any atom is -0.293 e. The van der Waals surface area contributed by atoms with E-state index < -0.39 is 0 Å². The molecule has 0 aromatic carbocycles. The highest BCUT2D eigenvalue weighted by Gasteiger charge is 1.81. The maximum atomic E-state index is 4.24. The van der Waals surface area contributed by atoms with Gasteiger partial charge in [0.1, 0.15) is 0 Å². The van der Waals surface area contributed by atoms with Gasteiger partial charge in [-0.2, -0.15) is 0 Å². The number of aliphatic imine (C=N–C) groups is 1. The summed E-state index contributed by atoms with van der Waals surface area (Å²) in [7, 11) is 0. The normalized spacial score (nSPS) is 28.6. The summed E-state index contributed by atoms with van der Waals surface area (Å²) in [6, 6.07) is 0. The van der Waals surface area contributed by atoms with Crippen LogP contribution in [0.25, 0.3) is 0 Å². The van der Waals surface area contributed by atoms with Gasteiger partial charge >= 0.3 is 0 Å². The van der Waals surface area contributed by atoms with E-state index in [2.05, 4.69) is 30.1 Å². The van der Waals surface area contributed by atoms with Crippen LogP contribution in [0.4, 0.5) is 0 Å². The van der Waals surface area contributed by atoms with E-state index in [4.69, 9.17) is 0 Å². The van der Waals surface area contributed by atoms with Gasteiger partial charge in [-0.1, -0.05) is 30.4 Å². The summed E-state index contributed by atoms with van der Waals surface area (Å²) in [6.07, 6.45) is 13.3. The molecule has 58 valence electrons. The number of hydrogen-bond acceptors (Lipinski definition) is 1. The van der Waals surface area contributed by atoms with Crippen molar-refractivity contribution in [3.05, 3.63) is 36.0 Å². The van der Waals surface area contributed by atoms with E-state index in [0.29, 0.717) is 0 Å². The van der Waals surface area contributed by atoms with Gasteiger partial charge in [0.05, 0.1) is 0 Å². The molecule has 0 amide bonds. The van der Waals surface area contributed by atoms with Crippen LogP contribution in [0.1, 0.15) is 13.3 Å². The van der Waals surface area contributed by atoms with Crippen molar-refractivity contribution in [1.82, 2.24) is 0 Å². The van der Waals surface area contributed by atoms with Gasteiger partial charge in [0, 0.05) is 12.8 Å². The topological polar surface area (TPSA) is 12.4 Å². The van der Waals surface area contributed by atoms with Gasteiger partial charge in [0.25, 0.3) is 0 Å². The zero-order chi connectivity index (χ0) is 7.94. The molecule has 0 saturated heterocycles. The predicted molar refractivity (Wildman–Crippen MR) is 50.0 cm³/mol. The molecule has 0 bridgehead atoms. The highest BCUT2D eigenvalue weighted by Crippen LogP contribution is 1.94. The zero-order valence-corrected chi connectivity index (χ0v) is 6.83. The van der Waals surface area contributed by atoms with Gasteiger partial charge in [0.15, 0.2) is 0 Å². The molecule has 1 rings (SSSR count). The van der Waals surface area contributed by atoms with E-state index >= 15 is 0 Å². The summed E-state index contributed by atoms with van der Waals surface area (Å²) < 4.78 is 0. The second-order valence-electron chi connectivity index (χ2n) is 2.55. The largest absolute Gasteiger partial charge is 0.293 e. The first-order valence-corrected chi connectivity index (χ1v) is 3.89.